The maximum Gasteiger partial charge on any atom is 0.0900 e. The van der Waals surface area contributed by atoms with Gasteiger partial charge in [0.25, 0.3) is 0 Å². The Labute approximate surface area is 89.6 Å². The van der Waals surface area contributed by atoms with Crippen LogP contribution in [0.1, 0.15) is 54.1 Å². The third-order valence-electron chi connectivity index (χ3n) is 3.93. The summed E-state index contributed by atoms with van der Waals surface area (Å²) in [5.74, 6) is 0. The summed E-state index contributed by atoms with van der Waals surface area (Å²) in [6.07, 6.45) is 9.76. The first kappa shape index (κ1) is 8.90. The molecule has 1 heterocycles. The fourth-order valence-corrected chi connectivity index (χ4v) is 4.40. The zero-order valence-corrected chi connectivity index (χ0v) is 9.62. The summed E-state index contributed by atoms with van der Waals surface area (Å²) in [6.45, 7) is 2.16. The van der Waals surface area contributed by atoms with Crippen molar-refractivity contribution in [2.24, 2.45) is 0 Å². The Morgan fingerprint density at radius 1 is 1.14 bits per heavy atom. The van der Waals surface area contributed by atoms with Gasteiger partial charge in [-0.25, -0.2) is 4.98 Å². The number of thiazole rings is 1. The van der Waals surface area contributed by atoms with Crippen molar-refractivity contribution in [2.45, 2.75) is 57.3 Å². The summed E-state index contributed by atoms with van der Waals surface area (Å²) in [7, 11) is 0. The highest BCUT2D eigenvalue weighted by molar-refractivity contribution is 7.11. The average molecular weight is 207 g/mol. The summed E-state index contributed by atoms with van der Waals surface area (Å²) in [6, 6.07) is 0. The van der Waals surface area contributed by atoms with Crippen molar-refractivity contribution in [2.75, 3.05) is 0 Å². The highest BCUT2D eigenvalue weighted by atomic mass is 32.1. The van der Waals surface area contributed by atoms with Crippen LogP contribution in [0.4, 0.5) is 0 Å². The van der Waals surface area contributed by atoms with Crippen LogP contribution in [0.3, 0.4) is 0 Å². The number of hydrogen-bond donors (Lipinski definition) is 0. The normalized spacial score (nSPS) is 24.1. The minimum atomic E-state index is 0.526. The van der Waals surface area contributed by atoms with Crippen molar-refractivity contribution >= 4 is 11.3 Å². The molecular weight excluding hydrogens is 190 g/mol. The van der Waals surface area contributed by atoms with Gasteiger partial charge in [0, 0.05) is 10.3 Å². The molecule has 2 aliphatic carbocycles. The van der Waals surface area contributed by atoms with Gasteiger partial charge in [-0.1, -0.05) is 12.8 Å². The Balaban J connectivity index is 2.09. The van der Waals surface area contributed by atoms with Crippen molar-refractivity contribution in [1.29, 1.82) is 0 Å². The largest absolute Gasteiger partial charge is 0.246 e. The Bertz CT molecular complexity index is 347. The minimum absolute atomic E-state index is 0.526. The fraction of sp³-hybridized carbons (Fsp3) is 0.750. The number of aryl methyl sites for hydroxylation is 2. The molecule has 1 saturated carbocycles. The Hall–Kier alpha value is -0.370. The summed E-state index contributed by atoms with van der Waals surface area (Å²) in [4.78, 5) is 6.41. The second kappa shape index (κ2) is 3.06. The molecule has 0 amide bonds. The summed E-state index contributed by atoms with van der Waals surface area (Å²) < 4.78 is 0. The van der Waals surface area contributed by atoms with E-state index in [2.05, 4.69) is 6.92 Å². The molecule has 1 aromatic heterocycles. The van der Waals surface area contributed by atoms with Gasteiger partial charge in [0.15, 0.2) is 0 Å². The topological polar surface area (TPSA) is 12.9 Å². The maximum atomic E-state index is 4.80. The quantitative estimate of drug-likeness (QED) is 0.633. The number of nitrogens with zero attached hydrogens (tertiary/aromatic N) is 1. The van der Waals surface area contributed by atoms with Crippen LogP contribution in [0.5, 0.6) is 0 Å². The summed E-state index contributed by atoms with van der Waals surface area (Å²) in [5.41, 5.74) is 2.03. The summed E-state index contributed by atoms with van der Waals surface area (Å²) >= 11 is 1.94. The van der Waals surface area contributed by atoms with E-state index in [0.717, 1.165) is 0 Å². The van der Waals surface area contributed by atoms with E-state index in [1.54, 1.807) is 4.88 Å². The number of rotatable bonds is 0. The van der Waals surface area contributed by atoms with Gasteiger partial charge in [-0.3, -0.25) is 0 Å². The SMILES string of the molecule is Cc1nc2c(s1)CCCC21CCCC1. The molecule has 3 rings (SSSR count). The van der Waals surface area contributed by atoms with E-state index in [9.17, 15) is 0 Å². The number of aromatic nitrogens is 1. The third-order valence-corrected chi connectivity index (χ3v) is 4.96. The van der Waals surface area contributed by atoms with E-state index in [-0.39, 0.29) is 0 Å². The Kier molecular flexibility index (Phi) is 1.94. The number of fused-ring (bicyclic) bond motifs is 2. The molecule has 14 heavy (non-hydrogen) atoms. The lowest BCUT2D eigenvalue weighted by Crippen LogP contribution is -2.27. The van der Waals surface area contributed by atoms with Gasteiger partial charge in [0.2, 0.25) is 0 Å². The van der Waals surface area contributed by atoms with Gasteiger partial charge in [0.1, 0.15) is 0 Å². The van der Waals surface area contributed by atoms with E-state index in [1.165, 1.54) is 55.6 Å². The molecule has 0 bridgehead atoms. The van der Waals surface area contributed by atoms with Crippen LogP contribution in [0.25, 0.3) is 0 Å². The molecule has 76 valence electrons. The van der Waals surface area contributed by atoms with Crippen LogP contribution in [-0.2, 0) is 11.8 Å². The van der Waals surface area contributed by atoms with Crippen molar-refractivity contribution in [3.05, 3.63) is 15.6 Å². The van der Waals surface area contributed by atoms with Crippen molar-refractivity contribution in [3.63, 3.8) is 0 Å². The van der Waals surface area contributed by atoms with Crippen LogP contribution in [0.2, 0.25) is 0 Å². The molecule has 0 aromatic carbocycles. The average Bonchev–Trinajstić information content (AvgIpc) is 2.74. The molecule has 2 heteroatoms. The molecule has 1 fully saturated rings. The Morgan fingerprint density at radius 3 is 2.64 bits per heavy atom. The lowest BCUT2D eigenvalue weighted by atomic mass is 9.74. The van der Waals surface area contributed by atoms with Gasteiger partial charge in [-0.2, -0.15) is 0 Å². The van der Waals surface area contributed by atoms with E-state index in [4.69, 9.17) is 4.98 Å². The molecule has 0 saturated heterocycles. The minimum Gasteiger partial charge on any atom is -0.246 e. The van der Waals surface area contributed by atoms with Gasteiger partial charge >= 0.3 is 0 Å². The lowest BCUT2D eigenvalue weighted by molar-refractivity contribution is 0.362. The van der Waals surface area contributed by atoms with Crippen LogP contribution < -0.4 is 0 Å². The van der Waals surface area contributed by atoms with Crippen LogP contribution >= 0.6 is 11.3 Å². The fourth-order valence-electron chi connectivity index (χ4n) is 3.30. The molecule has 0 atom stereocenters. The van der Waals surface area contributed by atoms with Gasteiger partial charge < -0.3 is 0 Å². The predicted octanol–water partition coefficient (Wildman–Crippen LogP) is 3.60. The molecule has 2 aliphatic rings. The zero-order valence-electron chi connectivity index (χ0n) is 8.81. The molecule has 0 unspecified atom stereocenters. The molecular formula is C12H17NS. The second-order valence-electron chi connectivity index (χ2n) is 4.85. The van der Waals surface area contributed by atoms with E-state index in [0.29, 0.717) is 5.41 Å². The van der Waals surface area contributed by atoms with Gasteiger partial charge in [-0.05, 0) is 39.0 Å². The summed E-state index contributed by atoms with van der Waals surface area (Å²) in [5, 5.41) is 1.28. The number of hydrogen-bond acceptors (Lipinski definition) is 2. The maximum absolute atomic E-state index is 4.80. The van der Waals surface area contributed by atoms with Crippen LogP contribution in [0, 0.1) is 6.92 Å². The smallest absolute Gasteiger partial charge is 0.0900 e. The van der Waals surface area contributed by atoms with E-state index in [1.807, 2.05) is 11.3 Å². The van der Waals surface area contributed by atoms with Crippen LogP contribution in [0.15, 0.2) is 0 Å². The first-order chi connectivity index (χ1) is 6.80. The van der Waals surface area contributed by atoms with Crippen LogP contribution in [-0.4, -0.2) is 4.98 Å². The second-order valence-corrected chi connectivity index (χ2v) is 6.13. The molecule has 1 nitrogen and oxygen atoms in total. The third kappa shape index (κ3) is 1.16. The standard InChI is InChI=1S/C12H17NS/c1-9-13-11-10(14-9)5-4-8-12(11)6-2-3-7-12/h2-8H2,1H3. The van der Waals surface area contributed by atoms with Crippen molar-refractivity contribution in [3.8, 4) is 0 Å². The van der Waals surface area contributed by atoms with E-state index >= 15 is 0 Å². The van der Waals surface area contributed by atoms with Crippen molar-refractivity contribution < 1.29 is 0 Å². The monoisotopic (exact) mass is 207 g/mol. The zero-order chi connectivity index (χ0) is 9.60. The lowest BCUT2D eigenvalue weighted by Gasteiger charge is -2.32. The first-order valence-corrected chi connectivity index (χ1v) is 6.59. The van der Waals surface area contributed by atoms with Gasteiger partial charge in [0.05, 0.1) is 10.7 Å². The highest BCUT2D eigenvalue weighted by Crippen LogP contribution is 2.49. The first-order valence-electron chi connectivity index (χ1n) is 5.77. The molecule has 1 spiro atoms. The molecule has 0 aliphatic heterocycles. The predicted molar refractivity (Wildman–Crippen MR) is 59.9 cm³/mol. The molecule has 0 radical (unpaired) electrons. The molecule has 1 aromatic rings. The Morgan fingerprint density at radius 2 is 1.86 bits per heavy atom. The van der Waals surface area contributed by atoms with E-state index < -0.39 is 0 Å². The van der Waals surface area contributed by atoms with Gasteiger partial charge in [-0.15, -0.1) is 11.3 Å². The highest BCUT2D eigenvalue weighted by Gasteiger charge is 2.41. The van der Waals surface area contributed by atoms with Crippen molar-refractivity contribution in [1.82, 2.24) is 4.98 Å². The molecule has 0 N–H and O–H groups in total.